The largest absolute Gasteiger partial charge is 0.310 e. The first kappa shape index (κ1) is 11.7. The normalized spacial score (nSPS) is 16.8. The van der Waals surface area contributed by atoms with Crippen molar-refractivity contribution in [2.24, 2.45) is 5.18 Å². The molecule has 1 aromatic carbocycles. The SMILES string of the molecule is O=Nc1ccc(N2CCCCCC2=O)c(F)c1. The van der Waals surface area contributed by atoms with Gasteiger partial charge in [-0.15, -0.1) is 4.91 Å². The van der Waals surface area contributed by atoms with Crippen molar-refractivity contribution in [2.45, 2.75) is 25.7 Å². The van der Waals surface area contributed by atoms with E-state index in [1.54, 1.807) is 0 Å². The number of anilines is 1. The molecule has 1 amide bonds. The minimum atomic E-state index is -0.572. The lowest BCUT2D eigenvalue weighted by Crippen LogP contribution is -2.30. The molecule has 4 nitrogen and oxygen atoms in total. The first-order chi connectivity index (χ1) is 8.22. The molecule has 0 unspecified atom stereocenters. The van der Waals surface area contributed by atoms with Gasteiger partial charge < -0.3 is 4.90 Å². The van der Waals surface area contributed by atoms with Crippen molar-refractivity contribution < 1.29 is 9.18 Å². The van der Waals surface area contributed by atoms with Crippen molar-refractivity contribution in [1.29, 1.82) is 0 Å². The Morgan fingerprint density at radius 2 is 2.06 bits per heavy atom. The van der Waals surface area contributed by atoms with Crippen LogP contribution in [-0.4, -0.2) is 12.5 Å². The lowest BCUT2D eigenvalue weighted by atomic mass is 10.2. The van der Waals surface area contributed by atoms with E-state index in [4.69, 9.17) is 0 Å². The van der Waals surface area contributed by atoms with Crippen LogP contribution < -0.4 is 4.90 Å². The van der Waals surface area contributed by atoms with E-state index in [0.717, 1.165) is 25.3 Å². The lowest BCUT2D eigenvalue weighted by molar-refractivity contribution is -0.118. The summed E-state index contributed by atoms with van der Waals surface area (Å²) in [5, 5.41) is 2.66. The van der Waals surface area contributed by atoms with Crippen molar-refractivity contribution in [2.75, 3.05) is 11.4 Å². The van der Waals surface area contributed by atoms with Crippen molar-refractivity contribution in [3.63, 3.8) is 0 Å². The molecule has 0 atom stereocenters. The van der Waals surface area contributed by atoms with E-state index in [9.17, 15) is 14.1 Å². The van der Waals surface area contributed by atoms with Crippen LogP contribution in [0.4, 0.5) is 15.8 Å². The summed E-state index contributed by atoms with van der Waals surface area (Å²) in [6, 6.07) is 3.92. The van der Waals surface area contributed by atoms with Gasteiger partial charge in [0.05, 0.1) is 5.69 Å². The summed E-state index contributed by atoms with van der Waals surface area (Å²) in [5.74, 6) is -0.634. The monoisotopic (exact) mass is 236 g/mol. The van der Waals surface area contributed by atoms with Crippen molar-refractivity contribution in [3.8, 4) is 0 Å². The predicted molar refractivity (Wildman–Crippen MR) is 62.7 cm³/mol. The molecule has 0 saturated carbocycles. The molecule has 5 heteroatoms. The van der Waals surface area contributed by atoms with Gasteiger partial charge in [0, 0.05) is 19.0 Å². The summed E-state index contributed by atoms with van der Waals surface area (Å²) in [5.41, 5.74) is 0.276. The summed E-state index contributed by atoms with van der Waals surface area (Å²) in [6.45, 7) is 0.531. The number of hydrogen-bond acceptors (Lipinski definition) is 3. The third-order valence-electron chi connectivity index (χ3n) is 2.90. The van der Waals surface area contributed by atoms with Crippen molar-refractivity contribution in [1.82, 2.24) is 0 Å². The number of benzene rings is 1. The number of halogens is 1. The van der Waals surface area contributed by atoms with E-state index in [2.05, 4.69) is 5.18 Å². The Morgan fingerprint density at radius 1 is 1.24 bits per heavy atom. The van der Waals surface area contributed by atoms with Gasteiger partial charge in [0.15, 0.2) is 0 Å². The van der Waals surface area contributed by atoms with Gasteiger partial charge in [-0.3, -0.25) is 4.79 Å². The summed E-state index contributed by atoms with van der Waals surface area (Å²) >= 11 is 0. The van der Waals surface area contributed by atoms with Gasteiger partial charge in [-0.2, -0.15) is 0 Å². The molecular weight excluding hydrogens is 223 g/mol. The molecule has 0 bridgehead atoms. The molecule has 17 heavy (non-hydrogen) atoms. The number of nitroso groups, excluding NO2 is 1. The highest BCUT2D eigenvalue weighted by Gasteiger charge is 2.21. The second-order valence-electron chi connectivity index (χ2n) is 4.08. The number of amides is 1. The van der Waals surface area contributed by atoms with Gasteiger partial charge in [0.1, 0.15) is 11.5 Å². The van der Waals surface area contributed by atoms with Crippen LogP contribution in [0.1, 0.15) is 25.7 Å². The molecule has 0 N–H and O–H groups in total. The Balaban J connectivity index is 2.31. The highest BCUT2D eigenvalue weighted by atomic mass is 19.1. The molecule has 1 heterocycles. The maximum absolute atomic E-state index is 13.7. The van der Waals surface area contributed by atoms with Crippen molar-refractivity contribution in [3.05, 3.63) is 28.9 Å². The molecular formula is C12H13FN2O2. The molecule has 0 aliphatic carbocycles. The maximum atomic E-state index is 13.7. The molecule has 1 saturated heterocycles. The molecule has 1 aliphatic rings. The van der Waals surface area contributed by atoms with Crippen LogP contribution in [0.15, 0.2) is 23.4 Å². The fraction of sp³-hybridized carbons (Fsp3) is 0.417. The van der Waals surface area contributed by atoms with Gasteiger partial charge in [-0.1, -0.05) is 6.42 Å². The van der Waals surface area contributed by atoms with Gasteiger partial charge in [-0.25, -0.2) is 4.39 Å². The first-order valence-electron chi connectivity index (χ1n) is 5.65. The van der Waals surface area contributed by atoms with Gasteiger partial charge in [0.2, 0.25) is 5.91 Å². The standard InChI is InChI=1S/C12H13FN2O2/c13-10-8-9(14-17)5-6-11(10)15-7-3-1-2-4-12(15)16/h5-6,8H,1-4,7H2. The van der Waals surface area contributed by atoms with Crippen LogP contribution in [0.3, 0.4) is 0 Å². The molecule has 0 aromatic heterocycles. The molecule has 2 rings (SSSR count). The molecule has 90 valence electrons. The van der Waals surface area contributed by atoms with Gasteiger partial charge in [0.25, 0.3) is 0 Å². The number of carbonyl (C=O) groups excluding carboxylic acids is 1. The minimum absolute atomic E-state index is 0.0357. The third kappa shape index (κ3) is 2.49. The summed E-state index contributed by atoms with van der Waals surface area (Å²) in [6.07, 6.45) is 3.16. The fourth-order valence-corrected chi connectivity index (χ4v) is 2.01. The summed E-state index contributed by atoms with van der Waals surface area (Å²) in [7, 11) is 0. The van der Waals surface area contributed by atoms with E-state index in [1.165, 1.54) is 17.0 Å². The van der Waals surface area contributed by atoms with Crippen LogP contribution in [-0.2, 0) is 4.79 Å². The van der Waals surface area contributed by atoms with E-state index >= 15 is 0 Å². The topological polar surface area (TPSA) is 49.7 Å². The zero-order chi connectivity index (χ0) is 12.3. The number of hydrogen-bond donors (Lipinski definition) is 0. The predicted octanol–water partition coefficient (Wildman–Crippen LogP) is 3.13. The average Bonchev–Trinajstić information content (AvgIpc) is 2.54. The Morgan fingerprint density at radius 3 is 2.76 bits per heavy atom. The Hall–Kier alpha value is -1.78. The second kappa shape index (κ2) is 5.03. The number of nitrogens with zero attached hydrogens (tertiary/aromatic N) is 2. The maximum Gasteiger partial charge on any atom is 0.227 e. The molecule has 1 aromatic rings. The fourth-order valence-electron chi connectivity index (χ4n) is 2.01. The van der Waals surface area contributed by atoms with Crippen LogP contribution in [0, 0.1) is 10.7 Å². The zero-order valence-corrected chi connectivity index (χ0v) is 9.36. The lowest BCUT2D eigenvalue weighted by Gasteiger charge is -2.21. The van der Waals surface area contributed by atoms with E-state index < -0.39 is 5.82 Å². The van der Waals surface area contributed by atoms with Gasteiger partial charge in [-0.05, 0) is 30.2 Å². The minimum Gasteiger partial charge on any atom is -0.310 e. The third-order valence-corrected chi connectivity index (χ3v) is 2.90. The molecule has 0 radical (unpaired) electrons. The highest BCUT2D eigenvalue weighted by Crippen LogP contribution is 2.26. The van der Waals surface area contributed by atoms with E-state index in [0.29, 0.717) is 13.0 Å². The summed E-state index contributed by atoms with van der Waals surface area (Å²) < 4.78 is 13.7. The van der Waals surface area contributed by atoms with Gasteiger partial charge >= 0.3 is 0 Å². The van der Waals surface area contributed by atoms with E-state index in [-0.39, 0.29) is 17.3 Å². The quantitative estimate of drug-likeness (QED) is 0.740. The summed E-state index contributed by atoms with van der Waals surface area (Å²) in [4.78, 5) is 23.5. The molecule has 0 spiro atoms. The average molecular weight is 236 g/mol. The smallest absolute Gasteiger partial charge is 0.227 e. The Bertz CT molecular complexity index is 448. The Labute approximate surface area is 98.4 Å². The van der Waals surface area contributed by atoms with Crippen LogP contribution in [0.25, 0.3) is 0 Å². The molecule has 1 fully saturated rings. The highest BCUT2D eigenvalue weighted by molar-refractivity contribution is 5.93. The molecule has 1 aliphatic heterocycles. The van der Waals surface area contributed by atoms with Crippen LogP contribution in [0.2, 0.25) is 0 Å². The van der Waals surface area contributed by atoms with Crippen molar-refractivity contribution >= 4 is 17.3 Å². The number of rotatable bonds is 2. The second-order valence-corrected chi connectivity index (χ2v) is 4.08. The van der Waals surface area contributed by atoms with Crippen LogP contribution >= 0.6 is 0 Å². The first-order valence-corrected chi connectivity index (χ1v) is 5.65. The zero-order valence-electron chi connectivity index (χ0n) is 9.36. The van der Waals surface area contributed by atoms with Crippen LogP contribution in [0.5, 0.6) is 0 Å². The Kier molecular flexibility index (Phi) is 3.46. The van der Waals surface area contributed by atoms with E-state index in [1.807, 2.05) is 0 Å². The number of carbonyl (C=O) groups is 1.